The Hall–Kier alpha value is -2.56. The summed E-state index contributed by atoms with van der Waals surface area (Å²) < 4.78 is 5.08. The fraction of sp³-hybridized carbons (Fsp3) is 0. The number of hydrogen-bond acceptors (Lipinski definition) is 4. The molecule has 2 aromatic heterocycles. The Labute approximate surface area is 95.9 Å². The SMILES string of the molecule is Nc1c[nH]c2onc(-c3ccccc3)c2c1=O. The molecule has 3 aromatic rings. The fourth-order valence-electron chi connectivity index (χ4n) is 1.75. The van der Waals surface area contributed by atoms with Gasteiger partial charge in [-0.1, -0.05) is 35.5 Å². The Balaban J connectivity index is 2.39. The molecule has 3 N–H and O–H groups in total. The maximum Gasteiger partial charge on any atom is 0.240 e. The quantitative estimate of drug-likeness (QED) is 0.663. The van der Waals surface area contributed by atoms with Crippen LogP contribution >= 0.6 is 0 Å². The zero-order valence-corrected chi connectivity index (χ0v) is 8.81. The molecule has 84 valence electrons. The van der Waals surface area contributed by atoms with Gasteiger partial charge in [-0.3, -0.25) is 4.79 Å². The van der Waals surface area contributed by atoms with E-state index < -0.39 is 0 Å². The number of nitrogens with two attached hydrogens (primary N) is 1. The van der Waals surface area contributed by atoms with Crippen LogP contribution in [0.2, 0.25) is 0 Å². The predicted octanol–water partition coefficient (Wildman–Crippen LogP) is 1.77. The summed E-state index contributed by atoms with van der Waals surface area (Å²) in [4.78, 5) is 14.7. The molecule has 0 aliphatic carbocycles. The molecule has 0 atom stereocenters. The molecule has 0 saturated carbocycles. The van der Waals surface area contributed by atoms with Gasteiger partial charge in [0.05, 0.1) is 5.69 Å². The third-order valence-electron chi connectivity index (χ3n) is 2.59. The number of rotatable bonds is 1. The summed E-state index contributed by atoms with van der Waals surface area (Å²) >= 11 is 0. The summed E-state index contributed by atoms with van der Waals surface area (Å²) in [7, 11) is 0. The first kappa shape index (κ1) is 9.65. The number of nitrogens with zero attached hydrogens (tertiary/aromatic N) is 1. The van der Waals surface area contributed by atoms with Crippen LogP contribution in [-0.4, -0.2) is 10.1 Å². The first-order chi connectivity index (χ1) is 8.27. The smallest absolute Gasteiger partial charge is 0.240 e. The number of H-pyrrole nitrogens is 1. The summed E-state index contributed by atoms with van der Waals surface area (Å²) in [6.07, 6.45) is 1.41. The van der Waals surface area contributed by atoms with Crippen LogP contribution < -0.4 is 11.2 Å². The highest BCUT2D eigenvalue weighted by atomic mass is 16.5. The van der Waals surface area contributed by atoms with Crippen molar-refractivity contribution in [1.82, 2.24) is 10.1 Å². The summed E-state index contributed by atoms with van der Waals surface area (Å²) in [5.41, 5.74) is 7.13. The van der Waals surface area contributed by atoms with Gasteiger partial charge >= 0.3 is 0 Å². The van der Waals surface area contributed by atoms with Gasteiger partial charge in [-0.05, 0) is 0 Å². The highest BCUT2D eigenvalue weighted by molar-refractivity contribution is 5.90. The lowest BCUT2D eigenvalue weighted by molar-refractivity contribution is 0.451. The molecule has 0 saturated heterocycles. The van der Waals surface area contributed by atoms with Crippen molar-refractivity contribution < 1.29 is 4.52 Å². The van der Waals surface area contributed by atoms with Crippen LogP contribution in [0.3, 0.4) is 0 Å². The number of nitrogen functional groups attached to an aromatic ring is 1. The van der Waals surface area contributed by atoms with Crippen LogP contribution in [0.5, 0.6) is 0 Å². The molecule has 17 heavy (non-hydrogen) atoms. The zero-order chi connectivity index (χ0) is 11.8. The number of fused-ring (bicyclic) bond motifs is 1. The molecule has 2 heterocycles. The van der Waals surface area contributed by atoms with Crippen LogP contribution in [0.1, 0.15) is 0 Å². The molecule has 5 nitrogen and oxygen atoms in total. The van der Waals surface area contributed by atoms with Gasteiger partial charge in [0.15, 0.2) is 0 Å². The van der Waals surface area contributed by atoms with E-state index in [1.54, 1.807) is 0 Å². The number of hydrogen-bond donors (Lipinski definition) is 2. The Kier molecular flexibility index (Phi) is 1.98. The van der Waals surface area contributed by atoms with E-state index in [0.717, 1.165) is 5.56 Å². The van der Waals surface area contributed by atoms with E-state index in [0.29, 0.717) is 16.8 Å². The van der Waals surface area contributed by atoms with Crippen LogP contribution in [-0.2, 0) is 0 Å². The van der Waals surface area contributed by atoms with Crippen LogP contribution in [0.15, 0.2) is 45.8 Å². The van der Waals surface area contributed by atoms with Crippen LogP contribution in [0.25, 0.3) is 22.4 Å². The second kappa shape index (κ2) is 3.48. The fourth-order valence-corrected chi connectivity index (χ4v) is 1.75. The Morgan fingerprint density at radius 2 is 2.00 bits per heavy atom. The van der Waals surface area contributed by atoms with E-state index in [2.05, 4.69) is 10.1 Å². The minimum absolute atomic E-state index is 0.151. The molecule has 5 heteroatoms. The van der Waals surface area contributed by atoms with Crippen molar-refractivity contribution >= 4 is 16.8 Å². The minimum atomic E-state index is -0.265. The Morgan fingerprint density at radius 3 is 2.76 bits per heavy atom. The van der Waals surface area contributed by atoms with E-state index in [9.17, 15) is 4.79 Å². The molecular formula is C12H9N3O2. The van der Waals surface area contributed by atoms with Crippen molar-refractivity contribution in [3.63, 3.8) is 0 Å². The first-order valence-corrected chi connectivity index (χ1v) is 5.09. The summed E-state index contributed by atoms with van der Waals surface area (Å²) in [6, 6.07) is 9.36. The summed E-state index contributed by atoms with van der Waals surface area (Å²) in [5.74, 6) is 0. The third-order valence-corrected chi connectivity index (χ3v) is 2.59. The average molecular weight is 227 g/mol. The normalized spacial score (nSPS) is 10.8. The van der Waals surface area contributed by atoms with Crippen molar-refractivity contribution in [2.45, 2.75) is 0 Å². The van der Waals surface area contributed by atoms with E-state index in [1.807, 2.05) is 30.3 Å². The lowest BCUT2D eigenvalue weighted by Gasteiger charge is -1.95. The predicted molar refractivity (Wildman–Crippen MR) is 64.5 cm³/mol. The molecular weight excluding hydrogens is 218 g/mol. The number of pyridine rings is 1. The lowest BCUT2D eigenvalue weighted by Crippen LogP contribution is -2.08. The molecule has 0 bridgehead atoms. The number of anilines is 1. The molecule has 1 aromatic carbocycles. The number of aromatic amines is 1. The van der Waals surface area contributed by atoms with Crippen molar-refractivity contribution in [1.29, 1.82) is 0 Å². The molecule has 0 aliphatic heterocycles. The topological polar surface area (TPSA) is 84.9 Å². The Morgan fingerprint density at radius 1 is 1.24 bits per heavy atom. The highest BCUT2D eigenvalue weighted by Gasteiger charge is 2.15. The van der Waals surface area contributed by atoms with E-state index >= 15 is 0 Å². The van der Waals surface area contributed by atoms with Gasteiger partial charge in [-0.2, -0.15) is 0 Å². The molecule has 0 spiro atoms. The molecule has 0 fully saturated rings. The molecule has 0 radical (unpaired) electrons. The van der Waals surface area contributed by atoms with Gasteiger partial charge in [-0.25, -0.2) is 0 Å². The molecule has 3 rings (SSSR count). The van der Waals surface area contributed by atoms with Crippen molar-refractivity contribution in [3.8, 4) is 11.3 Å². The van der Waals surface area contributed by atoms with E-state index in [-0.39, 0.29) is 11.1 Å². The van der Waals surface area contributed by atoms with Gasteiger partial charge in [-0.15, -0.1) is 0 Å². The average Bonchev–Trinajstić information content (AvgIpc) is 2.79. The highest BCUT2D eigenvalue weighted by Crippen LogP contribution is 2.24. The monoisotopic (exact) mass is 227 g/mol. The van der Waals surface area contributed by atoms with Crippen molar-refractivity contribution in [2.24, 2.45) is 0 Å². The second-order valence-corrected chi connectivity index (χ2v) is 3.67. The van der Waals surface area contributed by atoms with E-state index in [4.69, 9.17) is 10.3 Å². The van der Waals surface area contributed by atoms with Crippen molar-refractivity contribution in [3.05, 3.63) is 46.8 Å². The number of benzene rings is 1. The number of aromatic nitrogens is 2. The molecule has 0 unspecified atom stereocenters. The Bertz CT molecular complexity index is 728. The molecule has 0 amide bonds. The maximum atomic E-state index is 11.9. The second-order valence-electron chi connectivity index (χ2n) is 3.67. The lowest BCUT2D eigenvalue weighted by atomic mass is 10.1. The van der Waals surface area contributed by atoms with E-state index in [1.165, 1.54) is 6.20 Å². The van der Waals surface area contributed by atoms with Crippen molar-refractivity contribution in [2.75, 3.05) is 5.73 Å². The zero-order valence-electron chi connectivity index (χ0n) is 8.81. The van der Waals surface area contributed by atoms with Crippen LogP contribution in [0, 0.1) is 0 Å². The van der Waals surface area contributed by atoms with Gasteiger partial charge in [0.25, 0.3) is 0 Å². The van der Waals surface area contributed by atoms with Gasteiger partial charge in [0, 0.05) is 11.8 Å². The number of nitrogens with one attached hydrogen (secondary N) is 1. The standard InChI is InChI=1S/C12H9N3O2/c13-8-6-14-12-9(11(8)16)10(15-17-12)7-4-2-1-3-5-7/h1-6H,13H2,(H,14,16). The summed E-state index contributed by atoms with van der Waals surface area (Å²) in [6.45, 7) is 0. The van der Waals surface area contributed by atoms with Gasteiger partial charge in [0.1, 0.15) is 11.1 Å². The first-order valence-electron chi connectivity index (χ1n) is 5.09. The van der Waals surface area contributed by atoms with Gasteiger partial charge < -0.3 is 15.2 Å². The van der Waals surface area contributed by atoms with Crippen LogP contribution in [0.4, 0.5) is 5.69 Å². The van der Waals surface area contributed by atoms with Gasteiger partial charge in [0.2, 0.25) is 11.1 Å². The minimum Gasteiger partial charge on any atom is -0.394 e. The molecule has 0 aliphatic rings. The summed E-state index contributed by atoms with van der Waals surface area (Å²) in [5, 5.41) is 4.29. The largest absolute Gasteiger partial charge is 0.394 e. The maximum absolute atomic E-state index is 11.9. The third kappa shape index (κ3) is 1.40.